The molecule has 2 heterocycles. The van der Waals surface area contributed by atoms with E-state index in [2.05, 4.69) is 20.5 Å². The van der Waals surface area contributed by atoms with Gasteiger partial charge < -0.3 is 14.8 Å². The van der Waals surface area contributed by atoms with Crippen LogP contribution in [0.25, 0.3) is 10.9 Å². The summed E-state index contributed by atoms with van der Waals surface area (Å²) in [5.41, 5.74) is 1.96. The van der Waals surface area contributed by atoms with Crippen LogP contribution in [0, 0.1) is 11.7 Å². The second kappa shape index (κ2) is 11.4. The minimum absolute atomic E-state index is 0.0682. The smallest absolute Gasteiger partial charge is 0.252 e. The van der Waals surface area contributed by atoms with E-state index in [4.69, 9.17) is 4.74 Å². The first-order valence-corrected chi connectivity index (χ1v) is 12.0. The van der Waals surface area contributed by atoms with Crippen molar-refractivity contribution in [2.75, 3.05) is 19.8 Å². The maximum atomic E-state index is 13.4. The van der Waals surface area contributed by atoms with E-state index < -0.39 is 0 Å². The minimum Gasteiger partial charge on any atom is -0.494 e. The number of aliphatic hydroxyl groups is 1. The van der Waals surface area contributed by atoms with Gasteiger partial charge in [-0.25, -0.2) is 9.07 Å². The molecule has 0 aliphatic rings. The Bertz CT molecular complexity index is 1350. The summed E-state index contributed by atoms with van der Waals surface area (Å²) in [5, 5.41) is 23.1. The van der Waals surface area contributed by atoms with Crippen LogP contribution in [0.2, 0.25) is 0 Å². The van der Waals surface area contributed by atoms with Crippen molar-refractivity contribution in [1.29, 1.82) is 0 Å². The van der Waals surface area contributed by atoms with Crippen molar-refractivity contribution in [2.24, 2.45) is 5.92 Å². The van der Waals surface area contributed by atoms with Crippen LogP contribution < -0.4 is 10.3 Å². The number of aliphatic hydroxyl groups excluding tert-OH is 1. The molecule has 0 fully saturated rings. The largest absolute Gasteiger partial charge is 0.494 e. The summed E-state index contributed by atoms with van der Waals surface area (Å²) in [6.45, 7) is 7.45. The van der Waals surface area contributed by atoms with Gasteiger partial charge in [-0.3, -0.25) is 9.69 Å². The fourth-order valence-corrected chi connectivity index (χ4v) is 4.45. The highest BCUT2D eigenvalue weighted by molar-refractivity contribution is 5.80. The first-order valence-electron chi connectivity index (χ1n) is 12.0. The average Bonchev–Trinajstić information content (AvgIpc) is 3.29. The molecule has 0 radical (unpaired) electrons. The van der Waals surface area contributed by atoms with Crippen LogP contribution in [-0.2, 0) is 13.1 Å². The number of hydrogen-bond donors (Lipinski definition) is 2. The topological polar surface area (TPSA) is 109 Å². The van der Waals surface area contributed by atoms with Gasteiger partial charge in [-0.1, -0.05) is 26.0 Å². The second-order valence-electron chi connectivity index (χ2n) is 9.01. The molecule has 0 amide bonds. The van der Waals surface area contributed by atoms with Gasteiger partial charge in [0, 0.05) is 29.6 Å². The third kappa shape index (κ3) is 5.77. The molecule has 0 aliphatic heterocycles. The highest BCUT2D eigenvalue weighted by atomic mass is 19.1. The van der Waals surface area contributed by atoms with Crippen molar-refractivity contribution in [2.45, 2.75) is 39.9 Å². The van der Waals surface area contributed by atoms with E-state index in [-0.39, 0.29) is 36.5 Å². The standard InChI is InChI=1S/C26H31FN6O3/c1-4-36-22-9-10-23-19(14-22)13-20(26(35)28-23)16-32(11-12-34)24(17(2)3)25-29-30-31-33(25)15-18-5-7-21(27)8-6-18/h5-10,13-14,17,24,34H,4,11-12,15-16H2,1-3H3,(H,28,35)/t24-/m0/s1. The molecule has 9 nitrogen and oxygen atoms in total. The van der Waals surface area contributed by atoms with Crippen LogP contribution in [-0.4, -0.2) is 55.0 Å². The van der Waals surface area contributed by atoms with E-state index >= 15 is 0 Å². The fourth-order valence-electron chi connectivity index (χ4n) is 4.45. The Morgan fingerprint density at radius 1 is 1.17 bits per heavy atom. The summed E-state index contributed by atoms with van der Waals surface area (Å²) in [4.78, 5) is 17.9. The Kier molecular flexibility index (Phi) is 8.07. The summed E-state index contributed by atoms with van der Waals surface area (Å²) in [6.07, 6.45) is 0. The van der Waals surface area contributed by atoms with E-state index in [1.165, 1.54) is 12.1 Å². The molecular weight excluding hydrogens is 463 g/mol. The maximum Gasteiger partial charge on any atom is 0.252 e. The van der Waals surface area contributed by atoms with E-state index in [1.54, 1.807) is 16.8 Å². The van der Waals surface area contributed by atoms with Gasteiger partial charge in [-0.15, -0.1) is 5.10 Å². The van der Waals surface area contributed by atoms with Crippen molar-refractivity contribution in [3.63, 3.8) is 0 Å². The zero-order chi connectivity index (χ0) is 25.7. The summed E-state index contributed by atoms with van der Waals surface area (Å²) in [5.74, 6) is 1.10. The third-order valence-electron chi connectivity index (χ3n) is 6.06. The number of tetrazole rings is 1. The molecule has 10 heteroatoms. The van der Waals surface area contributed by atoms with Crippen molar-refractivity contribution in [3.8, 4) is 5.75 Å². The van der Waals surface area contributed by atoms with Crippen molar-refractivity contribution in [3.05, 3.63) is 81.7 Å². The summed E-state index contributed by atoms with van der Waals surface area (Å²) < 4.78 is 20.6. The minimum atomic E-state index is -0.307. The zero-order valence-corrected chi connectivity index (χ0v) is 20.7. The molecule has 4 rings (SSSR count). The number of nitrogens with one attached hydrogen (secondary N) is 1. The molecule has 1 atom stereocenters. The van der Waals surface area contributed by atoms with Crippen molar-refractivity contribution in [1.82, 2.24) is 30.1 Å². The van der Waals surface area contributed by atoms with Gasteiger partial charge in [-0.05, 0) is 65.2 Å². The van der Waals surface area contributed by atoms with Gasteiger partial charge in [-0.2, -0.15) is 0 Å². The number of hydrogen-bond acceptors (Lipinski definition) is 7. The lowest BCUT2D eigenvalue weighted by Gasteiger charge is -2.33. The summed E-state index contributed by atoms with van der Waals surface area (Å²) in [6, 6.07) is 13.3. The van der Waals surface area contributed by atoms with Crippen LogP contribution >= 0.6 is 0 Å². The number of H-pyrrole nitrogens is 1. The van der Waals surface area contributed by atoms with Gasteiger partial charge in [0.2, 0.25) is 0 Å². The quantitative estimate of drug-likeness (QED) is 0.329. The Labute approximate surface area is 208 Å². The Morgan fingerprint density at radius 3 is 2.64 bits per heavy atom. The molecule has 0 saturated carbocycles. The van der Waals surface area contributed by atoms with Crippen LogP contribution in [0.1, 0.15) is 43.8 Å². The van der Waals surface area contributed by atoms with Crippen LogP contribution in [0.15, 0.2) is 53.3 Å². The van der Waals surface area contributed by atoms with E-state index in [9.17, 15) is 14.3 Å². The van der Waals surface area contributed by atoms with Crippen LogP contribution in [0.3, 0.4) is 0 Å². The molecule has 2 aromatic carbocycles. The molecule has 2 aromatic heterocycles. The summed E-state index contributed by atoms with van der Waals surface area (Å²) >= 11 is 0. The molecular formula is C26H31FN6O3. The first kappa shape index (κ1) is 25.5. The number of halogens is 1. The number of aromatic amines is 1. The number of pyridine rings is 1. The number of aromatic nitrogens is 5. The monoisotopic (exact) mass is 494 g/mol. The number of benzene rings is 2. The lowest BCUT2D eigenvalue weighted by atomic mass is 10.00. The summed E-state index contributed by atoms with van der Waals surface area (Å²) in [7, 11) is 0. The second-order valence-corrected chi connectivity index (χ2v) is 9.01. The van der Waals surface area contributed by atoms with Crippen molar-refractivity contribution >= 4 is 10.9 Å². The van der Waals surface area contributed by atoms with Crippen LogP contribution in [0.5, 0.6) is 5.75 Å². The fraction of sp³-hybridized carbons (Fsp3) is 0.385. The Morgan fingerprint density at radius 2 is 1.94 bits per heavy atom. The van der Waals surface area contributed by atoms with Gasteiger partial charge in [0.15, 0.2) is 5.82 Å². The molecule has 0 bridgehead atoms. The first-order chi connectivity index (χ1) is 17.4. The van der Waals surface area contributed by atoms with Gasteiger partial charge in [0.25, 0.3) is 5.56 Å². The molecule has 0 aliphatic carbocycles. The predicted octanol–water partition coefficient (Wildman–Crippen LogP) is 3.29. The van der Waals surface area contributed by atoms with E-state index in [1.807, 2.05) is 49.9 Å². The number of rotatable bonds is 11. The Balaban J connectivity index is 1.67. The molecule has 0 unspecified atom stereocenters. The average molecular weight is 495 g/mol. The van der Waals surface area contributed by atoms with Gasteiger partial charge in [0.1, 0.15) is 11.6 Å². The molecule has 36 heavy (non-hydrogen) atoms. The van der Waals surface area contributed by atoms with Crippen LogP contribution in [0.4, 0.5) is 4.39 Å². The molecule has 2 N–H and O–H groups in total. The predicted molar refractivity (Wildman–Crippen MR) is 134 cm³/mol. The molecule has 190 valence electrons. The third-order valence-corrected chi connectivity index (χ3v) is 6.06. The zero-order valence-electron chi connectivity index (χ0n) is 20.7. The normalized spacial score (nSPS) is 12.5. The number of ether oxygens (including phenoxy) is 1. The highest BCUT2D eigenvalue weighted by Gasteiger charge is 2.29. The molecule has 4 aromatic rings. The lowest BCUT2D eigenvalue weighted by Crippen LogP contribution is -2.37. The maximum absolute atomic E-state index is 13.4. The van der Waals surface area contributed by atoms with E-state index in [0.717, 1.165) is 22.2 Å². The van der Waals surface area contributed by atoms with Gasteiger partial charge >= 0.3 is 0 Å². The van der Waals surface area contributed by atoms with E-state index in [0.29, 0.717) is 31.1 Å². The lowest BCUT2D eigenvalue weighted by molar-refractivity contribution is 0.106. The molecule has 0 spiro atoms. The van der Waals surface area contributed by atoms with Gasteiger partial charge in [0.05, 0.1) is 25.8 Å². The Hall–Kier alpha value is -3.63. The molecule has 0 saturated heterocycles. The van der Waals surface area contributed by atoms with Crippen molar-refractivity contribution < 1.29 is 14.2 Å². The number of nitrogens with zero attached hydrogens (tertiary/aromatic N) is 5. The highest BCUT2D eigenvalue weighted by Crippen LogP contribution is 2.29. The SMILES string of the molecule is CCOc1ccc2[nH]c(=O)c(CN(CCO)[C@H](c3nnnn3Cc3ccc(F)cc3)C(C)C)cc2c1. The number of fused-ring (bicyclic) bond motifs is 1.